The van der Waals surface area contributed by atoms with Crippen molar-refractivity contribution in [3.63, 3.8) is 0 Å². The molecule has 0 saturated carbocycles. The Labute approximate surface area is 117 Å². The highest BCUT2D eigenvalue weighted by molar-refractivity contribution is 5.55. The van der Waals surface area contributed by atoms with Crippen molar-refractivity contribution in [2.45, 2.75) is 19.6 Å². The van der Waals surface area contributed by atoms with E-state index in [1.54, 1.807) is 42.3 Å². The molecule has 1 atom stereocenters. The maximum absolute atomic E-state index is 13.8. The van der Waals surface area contributed by atoms with E-state index in [2.05, 4.69) is 0 Å². The number of aliphatic hydroxyl groups is 1. The van der Waals surface area contributed by atoms with E-state index in [4.69, 9.17) is 0 Å². The van der Waals surface area contributed by atoms with Crippen molar-refractivity contribution in [3.8, 4) is 0 Å². The fourth-order valence-corrected chi connectivity index (χ4v) is 2.24. The number of hydrogen-bond donors (Lipinski definition) is 1. The molecule has 2 aromatic carbocycles. The molecule has 0 fully saturated rings. The van der Waals surface area contributed by atoms with Gasteiger partial charge in [-0.05, 0) is 25.1 Å². The highest BCUT2D eigenvalue weighted by Gasteiger charge is 2.17. The van der Waals surface area contributed by atoms with Crippen LogP contribution in [0.1, 0.15) is 24.2 Å². The largest absolute Gasteiger partial charge is 0.389 e. The van der Waals surface area contributed by atoms with Crippen molar-refractivity contribution >= 4 is 5.69 Å². The van der Waals surface area contributed by atoms with E-state index in [9.17, 15) is 13.9 Å². The van der Waals surface area contributed by atoms with E-state index in [-0.39, 0.29) is 11.4 Å². The third kappa shape index (κ3) is 2.96. The van der Waals surface area contributed by atoms with Crippen LogP contribution in [-0.2, 0) is 6.54 Å². The maximum Gasteiger partial charge on any atom is 0.131 e. The Bertz CT molecular complexity index is 599. The van der Waals surface area contributed by atoms with Crippen molar-refractivity contribution in [2.24, 2.45) is 0 Å². The zero-order valence-electron chi connectivity index (χ0n) is 11.5. The minimum atomic E-state index is -0.922. The van der Waals surface area contributed by atoms with Crippen LogP contribution in [0.4, 0.5) is 14.5 Å². The van der Waals surface area contributed by atoms with Gasteiger partial charge in [0.2, 0.25) is 0 Å². The van der Waals surface area contributed by atoms with Gasteiger partial charge in [0.1, 0.15) is 11.6 Å². The normalized spacial score (nSPS) is 12.2. The second-order valence-electron chi connectivity index (χ2n) is 4.80. The predicted octanol–water partition coefficient (Wildman–Crippen LogP) is 3.65. The van der Waals surface area contributed by atoms with Crippen LogP contribution in [0.5, 0.6) is 0 Å². The van der Waals surface area contributed by atoms with Crippen LogP contribution in [0, 0.1) is 11.6 Å². The van der Waals surface area contributed by atoms with Crippen molar-refractivity contribution in [3.05, 3.63) is 65.2 Å². The number of rotatable bonds is 4. The zero-order valence-corrected chi connectivity index (χ0v) is 11.5. The van der Waals surface area contributed by atoms with E-state index in [1.807, 2.05) is 0 Å². The Balaban J connectivity index is 2.33. The SMILES string of the molecule is C[C@H](O)c1c(F)cccc1N(C)Cc1ccccc1F. The molecular weight excluding hydrogens is 260 g/mol. The first-order chi connectivity index (χ1) is 9.50. The molecule has 0 heterocycles. The molecule has 0 amide bonds. The minimum Gasteiger partial charge on any atom is -0.389 e. The van der Waals surface area contributed by atoms with Gasteiger partial charge in [0, 0.05) is 30.4 Å². The van der Waals surface area contributed by atoms with Gasteiger partial charge in [-0.25, -0.2) is 8.78 Å². The summed E-state index contributed by atoms with van der Waals surface area (Å²) in [5.41, 5.74) is 1.31. The molecule has 0 aromatic heterocycles. The molecule has 0 unspecified atom stereocenters. The Morgan fingerprint density at radius 2 is 1.70 bits per heavy atom. The Morgan fingerprint density at radius 1 is 1.05 bits per heavy atom. The molecule has 0 saturated heterocycles. The lowest BCUT2D eigenvalue weighted by molar-refractivity contribution is 0.194. The highest BCUT2D eigenvalue weighted by atomic mass is 19.1. The Kier molecular flexibility index (Phi) is 4.35. The second-order valence-corrected chi connectivity index (χ2v) is 4.80. The molecule has 1 N–H and O–H groups in total. The lowest BCUT2D eigenvalue weighted by Crippen LogP contribution is -2.20. The number of hydrogen-bond acceptors (Lipinski definition) is 2. The molecule has 2 aromatic rings. The maximum atomic E-state index is 13.8. The monoisotopic (exact) mass is 277 g/mol. The fourth-order valence-electron chi connectivity index (χ4n) is 2.24. The fraction of sp³-hybridized carbons (Fsp3) is 0.250. The van der Waals surface area contributed by atoms with E-state index in [0.717, 1.165) is 0 Å². The van der Waals surface area contributed by atoms with Crippen molar-refractivity contribution in [1.29, 1.82) is 0 Å². The van der Waals surface area contributed by atoms with Crippen molar-refractivity contribution in [2.75, 3.05) is 11.9 Å². The Hall–Kier alpha value is -1.94. The summed E-state index contributed by atoms with van der Waals surface area (Å²) in [6, 6.07) is 11.1. The summed E-state index contributed by atoms with van der Waals surface area (Å²) in [6.07, 6.45) is -0.922. The summed E-state index contributed by atoms with van der Waals surface area (Å²) in [5, 5.41) is 9.71. The molecule has 106 valence electrons. The summed E-state index contributed by atoms with van der Waals surface area (Å²) in [5.74, 6) is -0.757. The first-order valence-corrected chi connectivity index (χ1v) is 6.41. The number of aliphatic hydroxyl groups excluding tert-OH is 1. The third-order valence-corrected chi connectivity index (χ3v) is 3.22. The van der Waals surface area contributed by atoms with Crippen molar-refractivity contribution < 1.29 is 13.9 Å². The molecule has 2 rings (SSSR count). The van der Waals surface area contributed by atoms with Crippen LogP contribution in [0.25, 0.3) is 0 Å². The van der Waals surface area contributed by atoms with Gasteiger partial charge in [-0.3, -0.25) is 0 Å². The van der Waals surface area contributed by atoms with Gasteiger partial charge in [-0.1, -0.05) is 24.3 Å². The first-order valence-electron chi connectivity index (χ1n) is 6.41. The van der Waals surface area contributed by atoms with E-state index >= 15 is 0 Å². The van der Waals surface area contributed by atoms with Crippen LogP contribution in [0.15, 0.2) is 42.5 Å². The Morgan fingerprint density at radius 3 is 2.35 bits per heavy atom. The van der Waals surface area contributed by atoms with Crippen LogP contribution < -0.4 is 4.90 Å². The third-order valence-electron chi connectivity index (χ3n) is 3.22. The van der Waals surface area contributed by atoms with Gasteiger partial charge >= 0.3 is 0 Å². The molecule has 2 nitrogen and oxygen atoms in total. The van der Waals surface area contributed by atoms with Crippen LogP contribution in [0.3, 0.4) is 0 Å². The predicted molar refractivity (Wildman–Crippen MR) is 75.5 cm³/mol. The molecule has 0 spiro atoms. The van der Waals surface area contributed by atoms with Gasteiger partial charge in [0.05, 0.1) is 6.10 Å². The smallest absolute Gasteiger partial charge is 0.131 e. The average molecular weight is 277 g/mol. The van der Waals surface area contributed by atoms with Gasteiger partial charge in [-0.2, -0.15) is 0 Å². The van der Waals surface area contributed by atoms with Gasteiger partial charge in [-0.15, -0.1) is 0 Å². The molecule has 0 aliphatic heterocycles. The quantitative estimate of drug-likeness (QED) is 0.922. The lowest BCUT2D eigenvalue weighted by Gasteiger charge is -2.24. The number of halogens is 2. The average Bonchev–Trinajstić information content (AvgIpc) is 2.40. The highest BCUT2D eigenvalue weighted by Crippen LogP contribution is 2.29. The lowest BCUT2D eigenvalue weighted by atomic mass is 10.1. The zero-order chi connectivity index (χ0) is 14.7. The molecule has 0 bridgehead atoms. The van der Waals surface area contributed by atoms with Crippen molar-refractivity contribution in [1.82, 2.24) is 0 Å². The van der Waals surface area contributed by atoms with E-state index in [0.29, 0.717) is 17.8 Å². The molecule has 20 heavy (non-hydrogen) atoms. The molecule has 0 radical (unpaired) electrons. The second kappa shape index (κ2) is 6.01. The summed E-state index contributed by atoms with van der Waals surface area (Å²) < 4.78 is 27.5. The summed E-state index contributed by atoms with van der Waals surface area (Å²) >= 11 is 0. The standard InChI is InChI=1S/C16H17F2NO/c1-11(20)16-14(18)8-5-9-15(16)19(2)10-12-6-3-4-7-13(12)17/h3-9,11,20H,10H2,1-2H3/t11-/m0/s1. The summed E-state index contributed by atoms with van der Waals surface area (Å²) in [6.45, 7) is 1.81. The topological polar surface area (TPSA) is 23.5 Å². The molecule has 0 aliphatic carbocycles. The number of anilines is 1. The number of nitrogens with zero attached hydrogens (tertiary/aromatic N) is 1. The first kappa shape index (κ1) is 14.5. The van der Waals surface area contributed by atoms with Gasteiger partial charge in [0.15, 0.2) is 0 Å². The van der Waals surface area contributed by atoms with Crippen LogP contribution in [-0.4, -0.2) is 12.2 Å². The number of benzene rings is 2. The summed E-state index contributed by atoms with van der Waals surface area (Å²) in [7, 11) is 1.74. The van der Waals surface area contributed by atoms with Crippen LogP contribution in [0.2, 0.25) is 0 Å². The minimum absolute atomic E-state index is 0.228. The molecule has 4 heteroatoms. The van der Waals surface area contributed by atoms with Gasteiger partial charge < -0.3 is 10.0 Å². The van der Waals surface area contributed by atoms with Gasteiger partial charge in [0.25, 0.3) is 0 Å². The van der Waals surface area contributed by atoms with E-state index in [1.165, 1.54) is 19.1 Å². The summed E-state index contributed by atoms with van der Waals surface area (Å²) in [4.78, 5) is 1.73. The van der Waals surface area contributed by atoms with Crippen LogP contribution >= 0.6 is 0 Å². The molecule has 0 aliphatic rings. The molecular formula is C16H17F2NO. The van der Waals surface area contributed by atoms with E-state index < -0.39 is 11.9 Å².